The summed E-state index contributed by atoms with van der Waals surface area (Å²) in [6, 6.07) is 0.0526. The van der Waals surface area contributed by atoms with E-state index >= 15 is 0 Å². The highest BCUT2D eigenvalue weighted by molar-refractivity contribution is 5.83. The molecule has 2 atom stereocenters. The molecule has 3 rings (SSSR count). The van der Waals surface area contributed by atoms with Crippen LogP contribution in [0.15, 0.2) is 0 Å². The molecule has 134 valence electrons. The number of hydrogen-bond acceptors (Lipinski definition) is 3. The lowest BCUT2D eigenvalue weighted by Crippen LogP contribution is -2.51. The summed E-state index contributed by atoms with van der Waals surface area (Å²) >= 11 is 0. The van der Waals surface area contributed by atoms with E-state index in [1.54, 1.807) is 0 Å². The van der Waals surface area contributed by atoms with Crippen molar-refractivity contribution in [1.82, 2.24) is 9.80 Å². The molecule has 1 aliphatic carbocycles. The summed E-state index contributed by atoms with van der Waals surface area (Å²) in [7, 11) is 0. The van der Waals surface area contributed by atoms with Crippen molar-refractivity contribution >= 4 is 17.8 Å². The van der Waals surface area contributed by atoms with Gasteiger partial charge in [0.2, 0.25) is 11.8 Å². The Labute approximate surface area is 143 Å². The van der Waals surface area contributed by atoms with Crippen molar-refractivity contribution in [2.45, 2.75) is 63.8 Å². The molecule has 6 nitrogen and oxygen atoms in total. The maximum absolute atomic E-state index is 13.0. The fourth-order valence-corrected chi connectivity index (χ4v) is 4.08. The number of carboxylic acid groups (broad SMARTS) is 1. The van der Waals surface area contributed by atoms with Gasteiger partial charge in [-0.05, 0) is 51.4 Å². The van der Waals surface area contributed by atoms with Crippen molar-refractivity contribution in [1.29, 1.82) is 0 Å². The van der Waals surface area contributed by atoms with E-state index in [0.717, 1.165) is 58.0 Å². The van der Waals surface area contributed by atoms with E-state index in [1.165, 1.54) is 0 Å². The van der Waals surface area contributed by atoms with Crippen molar-refractivity contribution in [3.63, 3.8) is 0 Å². The summed E-state index contributed by atoms with van der Waals surface area (Å²) in [6.07, 6.45) is 7.34. The molecule has 0 bridgehead atoms. The lowest BCUT2D eigenvalue weighted by molar-refractivity contribution is -0.145. The van der Waals surface area contributed by atoms with Crippen molar-refractivity contribution in [2.75, 3.05) is 19.6 Å². The van der Waals surface area contributed by atoms with Crippen LogP contribution in [0.3, 0.4) is 0 Å². The second-order valence-corrected chi connectivity index (χ2v) is 7.51. The van der Waals surface area contributed by atoms with E-state index < -0.39 is 5.97 Å². The summed E-state index contributed by atoms with van der Waals surface area (Å²) in [5.74, 6) is -0.331. The predicted octanol–water partition coefficient (Wildman–Crippen LogP) is 1.88. The third-order valence-electron chi connectivity index (χ3n) is 5.61. The Morgan fingerprint density at radius 1 is 0.875 bits per heavy atom. The third-order valence-corrected chi connectivity index (χ3v) is 5.61. The highest BCUT2D eigenvalue weighted by Gasteiger charge is 2.38. The molecular formula is C18H28N2O4. The van der Waals surface area contributed by atoms with E-state index in [1.807, 2.05) is 9.80 Å². The molecule has 3 fully saturated rings. The van der Waals surface area contributed by atoms with Crippen LogP contribution in [0.4, 0.5) is 0 Å². The zero-order chi connectivity index (χ0) is 17.1. The molecule has 0 radical (unpaired) electrons. The van der Waals surface area contributed by atoms with Crippen LogP contribution in [0.2, 0.25) is 0 Å². The molecule has 24 heavy (non-hydrogen) atoms. The summed E-state index contributed by atoms with van der Waals surface area (Å²) in [5, 5.41) is 8.92. The monoisotopic (exact) mass is 336 g/mol. The maximum Gasteiger partial charge on any atom is 0.303 e. The second kappa shape index (κ2) is 7.53. The Kier molecular flexibility index (Phi) is 5.41. The summed E-state index contributed by atoms with van der Waals surface area (Å²) in [5.41, 5.74) is 0. The molecule has 2 heterocycles. The minimum Gasteiger partial charge on any atom is -0.481 e. The van der Waals surface area contributed by atoms with Crippen LogP contribution in [0.5, 0.6) is 0 Å². The second-order valence-electron chi connectivity index (χ2n) is 7.51. The van der Waals surface area contributed by atoms with Crippen LogP contribution in [0, 0.1) is 11.8 Å². The molecule has 0 aromatic carbocycles. The molecule has 2 aliphatic heterocycles. The first kappa shape index (κ1) is 17.2. The quantitative estimate of drug-likeness (QED) is 0.831. The lowest BCUT2D eigenvalue weighted by Gasteiger charge is -2.40. The van der Waals surface area contributed by atoms with Crippen LogP contribution < -0.4 is 0 Å². The lowest BCUT2D eigenvalue weighted by atomic mass is 9.92. The first-order valence-electron chi connectivity index (χ1n) is 9.37. The number of carbonyl (C=O) groups excluding carboxylic acids is 2. The maximum atomic E-state index is 13.0. The molecule has 6 heteroatoms. The molecule has 2 unspecified atom stereocenters. The number of nitrogens with zero attached hydrogens (tertiary/aromatic N) is 2. The number of carboxylic acids is 1. The summed E-state index contributed by atoms with van der Waals surface area (Å²) < 4.78 is 0. The molecule has 1 N–H and O–H groups in total. The number of likely N-dealkylation sites (tertiary alicyclic amines) is 2. The number of rotatable bonds is 5. The fourth-order valence-electron chi connectivity index (χ4n) is 4.08. The fraction of sp³-hybridized carbons (Fsp3) is 0.833. The van der Waals surface area contributed by atoms with Gasteiger partial charge in [-0.1, -0.05) is 0 Å². The average molecular weight is 336 g/mol. The van der Waals surface area contributed by atoms with E-state index in [-0.39, 0.29) is 36.1 Å². The van der Waals surface area contributed by atoms with Gasteiger partial charge in [0.1, 0.15) is 0 Å². The summed E-state index contributed by atoms with van der Waals surface area (Å²) in [4.78, 5) is 40.0. The SMILES string of the molecule is O=C(O)CCC1CCCCN1C(=O)C1CCCN(C(=O)C2CC2)C1. The number of carbonyl (C=O) groups is 3. The van der Waals surface area contributed by atoms with Gasteiger partial charge in [-0.3, -0.25) is 14.4 Å². The number of amides is 2. The molecule has 0 aromatic heterocycles. The van der Waals surface area contributed by atoms with Crippen molar-refractivity contribution in [3.05, 3.63) is 0 Å². The van der Waals surface area contributed by atoms with Gasteiger partial charge in [-0.15, -0.1) is 0 Å². The molecule has 0 aromatic rings. The minimum absolute atomic E-state index is 0.0526. The van der Waals surface area contributed by atoms with Gasteiger partial charge in [-0.2, -0.15) is 0 Å². The number of aliphatic carboxylic acids is 1. The predicted molar refractivity (Wildman–Crippen MR) is 88.2 cm³/mol. The first-order valence-corrected chi connectivity index (χ1v) is 9.37. The van der Waals surface area contributed by atoms with Gasteiger partial charge >= 0.3 is 5.97 Å². The van der Waals surface area contributed by atoms with Crippen molar-refractivity contribution in [2.24, 2.45) is 11.8 Å². The van der Waals surface area contributed by atoms with E-state index in [4.69, 9.17) is 5.11 Å². The Hall–Kier alpha value is -1.59. The molecule has 3 aliphatic rings. The normalized spacial score (nSPS) is 27.8. The largest absolute Gasteiger partial charge is 0.481 e. The highest BCUT2D eigenvalue weighted by atomic mass is 16.4. The molecular weight excluding hydrogens is 308 g/mol. The van der Waals surface area contributed by atoms with Gasteiger partial charge in [0, 0.05) is 38.0 Å². The zero-order valence-corrected chi connectivity index (χ0v) is 14.3. The number of piperidine rings is 2. The van der Waals surface area contributed by atoms with Gasteiger partial charge in [0.25, 0.3) is 0 Å². The first-order chi connectivity index (χ1) is 11.6. The van der Waals surface area contributed by atoms with Crippen LogP contribution in [-0.4, -0.2) is 58.4 Å². The molecule has 0 spiro atoms. The molecule has 1 saturated carbocycles. The summed E-state index contributed by atoms with van der Waals surface area (Å²) in [6.45, 7) is 2.06. The van der Waals surface area contributed by atoms with Gasteiger partial charge < -0.3 is 14.9 Å². The smallest absolute Gasteiger partial charge is 0.303 e. The minimum atomic E-state index is -0.799. The van der Waals surface area contributed by atoms with Crippen molar-refractivity contribution in [3.8, 4) is 0 Å². The van der Waals surface area contributed by atoms with Crippen LogP contribution in [0.25, 0.3) is 0 Å². The van der Waals surface area contributed by atoms with E-state index in [0.29, 0.717) is 13.0 Å². The third kappa shape index (κ3) is 4.08. The van der Waals surface area contributed by atoms with Crippen LogP contribution in [-0.2, 0) is 14.4 Å². The van der Waals surface area contributed by atoms with Crippen molar-refractivity contribution < 1.29 is 19.5 Å². The highest BCUT2D eigenvalue weighted by Crippen LogP contribution is 2.33. The zero-order valence-electron chi connectivity index (χ0n) is 14.3. The van der Waals surface area contributed by atoms with Crippen LogP contribution in [0.1, 0.15) is 57.8 Å². The standard InChI is InChI=1S/C18H28N2O4/c21-16(22)9-8-15-5-1-2-11-20(15)18(24)14-4-3-10-19(12-14)17(23)13-6-7-13/h13-15H,1-12H2,(H,21,22). The number of hydrogen-bond donors (Lipinski definition) is 1. The van der Waals surface area contributed by atoms with Gasteiger partial charge in [0.05, 0.1) is 5.92 Å². The van der Waals surface area contributed by atoms with E-state index in [9.17, 15) is 14.4 Å². The Bertz CT molecular complexity index is 503. The van der Waals surface area contributed by atoms with Gasteiger partial charge in [0.15, 0.2) is 0 Å². The van der Waals surface area contributed by atoms with E-state index in [2.05, 4.69) is 0 Å². The Morgan fingerprint density at radius 3 is 2.38 bits per heavy atom. The topological polar surface area (TPSA) is 77.9 Å². The molecule has 2 saturated heterocycles. The Morgan fingerprint density at radius 2 is 1.67 bits per heavy atom. The molecule has 2 amide bonds. The van der Waals surface area contributed by atoms with Crippen LogP contribution >= 0.6 is 0 Å². The average Bonchev–Trinajstić information content (AvgIpc) is 3.44. The van der Waals surface area contributed by atoms with Gasteiger partial charge in [-0.25, -0.2) is 0 Å². The Balaban J connectivity index is 1.60.